The van der Waals surface area contributed by atoms with Gasteiger partial charge in [0.1, 0.15) is 23.6 Å². The first-order valence-electron chi connectivity index (χ1n) is 13.0. The standard InChI is InChI=1S/C31H33N3O7/c1-21(35)27(32-29(37)19-34-18-17-28(36)33-30(34)38)20-41-31(22-7-5-4-6-8-22,23-9-13-25(39-2)14-10-23)24-11-15-26(40-3)16-12-24/h4-18,21,27,35H,19-20H2,1-3H3,(H,32,37)(H,33,36,38)/t21-,27-/m1/s1. The highest BCUT2D eigenvalue weighted by Crippen LogP contribution is 2.41. The zero-order chi connectivity index (χ0) is 29.4. The lowest BCUT2D eigenvalue weighted by atomic mass is 9.80. The molecule has 0 bridgehead atoms. The molecule has 0 spiro atoms. The van der Waals surface area contributed by atoms with Crippen molar-refractivity contribution >= 4 is 5.91 Å². The second kappa shape index (κ2) is 13.1. The molecule has 214 valence electrons. The molecule has 4 aromatic rings. The molecule has 0 aliphatic rings. The highest BCUT2D eigenvalue weighted by molar-refractivity contribution is 5.76. The monoisotopic (exact) mass is 559 g/mol. The average molecular weight is 560 g/mol. The van der Waals surface area contributed by atoms with Crippen LogP contribution in [0.25, 0.3) is 0 Å². The Morgan fingerprint density at radius 1 is 0.878 bits per heavy atom. The van der Waals surface area contributed by atoms with Gasteiger partial charge in [0.05, 0.1) is 33.0 Å². The van der Waals surface area contributed by atoms with Gasteiger partial charge in [0.15, 0.2) is 0 Å². The van der Waals surface area contributed by atoms with E-state index >= 15 is 0 Å². The summed E-state index contributed by atoms with van der Waals surface area (Å²) in [6.45, 7) is 1.11. The molecule has 4 rings (SSSR count). The van der Waals surface area contributed by atoms with Crippen LogP contribution >= 0.6 is 0 Å². The van der Waals surface area contributed by atoms with Crippen LogP contribution in [0, 0.1) is 0 Å². The lowest BCUT2D eigenvalue weighted by molar-refractivity contribution is -0.124. The van der Waals surface area contributed by atoms with Crippen molar-refractivity contribution in [1.29, 1.82) is 0 Å². The van der Waals surface area contributed by atoms with Crippen LogP contribution in [0.4, 0.5) is 0 Å². The van der Waals surface area contributed by atoms with Gasteiger partial charge >= 0.3 is 5.69 Å². The minimum atomic E-state index is -1.15. The minimum absolute atomic E-state index is 0.0864. The first-order valence-corrected chi connectivity index (χ1v) is 13.0. The number of amides is 1. The van der Waals surface area contributed by atoms with Crippen LogP contribution < -0.4 is 26.0 Å². The summed E-state index contributed by atoms with van der Waals surface area (Å²) < 4.78 is 18.6. The number of hydrogen-bond acceptors (Lipinski definition) is 7. The molecule has 10 heteroatoms. The van der Waals surface area contributed by atoms with Gasteiger partial charge in [-0.15, -0.1) is 0 Å². The van der Waals surface area contributed by atoms with E-state index in [-0.39, 0.29) is 13.2 Å². The summed E-state index contributed by atoms with van der Waals surface area (Å²) in [5.41, 5.74) is 0.00458. The van der Waals surface area contributed by atoms with Crippen molar-refractivity contribution in [1.82, 2.24) is 14.9 Å². The Kier molecular flexibility index (Phi) is 9.38. The normalized spacial score (nSPS) is 12.8. The Labute approximate surface area is 237 Å². The zero-order valence-electron chi connectivity index (χ0n) is 23.1. The van der Waals surface area contributed by atoms with E-state index in [2.05, 4.69) is 10.3 Å². The maximum atomic E-state index is 12.9. The number of nitrogens with zero attached hydrogens (tertiary/aromatic N) is 1. The highest BCUT2D eigenvalue weighted by Gasteiger charge is 2.39. The van der Waals surface area contributed by atoms with Gasteiger partial charge in [-0.1, -0.05) is 54.6 Å². The van der Waals surface area contributed by atoms with Crippen molar-refractivity contribution in [3.63, 3.8) is 0 Å². The van der Waals surface area contributed by atoms with Gasteiger partial charge in [-0.3, -0.25) is 19.1 Å². The highest BCUT2D eigenvalue weighted by atomic mass is 16.5. The molecule has 1 amide bonds. The molecule has 0 radical (unpaired) electrons. The molecule has 1 heterocycles. The Bertz CT molecular complexity index is 1500. The molecule has 1 aromatic heterocycles. The third-order valence-electron chi connectivity index (χ3n) is 6.79. The molecule has 0 aliphatic heterocycles. The number of nitrogens with one attached hydrogen (secondary N) is 2. The molecular weight excluding hydrogens is 526 g/mol. The number of aromatic nitrogens is 2. The van der Waals surface area contributed by atoms with E-state index in [4.69, 9.17) is 14.2 Å². The Morgan fingerprint density at radius 2 is 1.41 bits per heavy atom. The van der Waals surface area contributed by atoms with Crippen molar-refractivity contribution in [2.45, 2.75) is 31.2 Å². The molecular formula is C31H33N3O7. The molecule has 3 N–H and O–H groups in total. The largest absolute Gasteiger partial charge is 0.497 e. The molecule has 3 aromatic carbocycles. The van der Waals surface area contributed by atoms with Crippen molar-refractivity contribution in [3.8, 4) is 11.5 Å². The van der Waals surface area contributed by atoms with Crippen LogP contribution in [0.3, 0.4) is 0 Å². The number of carbonyl (C=O) groups is 1. The van der Waals surface area contributed by atoms with Crippen molar-refractivity contribution in [2.24, 2.45) is 0 Å². The first kappa shape index (κ1) is 29.3. The number of rotatable bonds is 12. The fourth-order valence-electron chi connectivity index (χ4n) is 4.57. The lowest BCUT2D eigenvalue weighted by Gasteiger charge is -2.37. The SMILES string of the molecule is COc1ccc(C(OC[C@@H](NC(=O)Cn2ccc(=O)[nH]c2=O)[C@@H](C)O)(c2ccccc2)c2ccc(OC)cc2)cc1. The third-order valence-corrected chi connectivity index (χ3v) is 6.79. The van der Waals surface area contributed by atoms with Gasteiger partial charge in [0.25, 0.3) is 5.56 Å². The maximum absolute atomic E-state index is 12.9. The number of hydrogen-bond donors (Lipinski definition) is 3. The van der Waals surface area contributed by atoms with Crippen LogP contribution in [0.2, 0.25) is 0 Å². The summed E-state index contributed by atoms with van der Waals surface area (Å²) in [6.07, 6.45) is 0.244. The Balaban J connectivity index is 1.72. The predicted molar refractivity (Wildman–Crippen MR) is 153 cm³/mol. The van der Waals surface area contributed by atoms with Gasteiger partial charge in [-0.25, -0.2) is 4.79 Å². The van der Waals surface area contributed by atoms with Crippen molar-refractivity contribution in [3.05, 3.63) is 129 Å². The number of benzene rings is 3. The zero-order valence-corrected chi connectivity index (χ0v) is 23.1. The van der Waals surface area contributed by atoms with Crippen LogP contribution in [-0.4, -0.2) is 53.5 Å². The van der Waals surface area contributed by atoms with Crippen LogP contribution in [0.15, 0.2) is 101 Å². The second-order valence-corrected chi connectivity index (χ2v) is 9.47. The molecule has 0 aliphatic carbocycles. The number of aromatic amines is 1. The number of carbonyl (C=O) groups excluding carboxylic acids is 1. The van der Waals surface area contributed by atoms with Crippen LogP contribution in [-0.2, 0) is 21.7 Å². The fourth-order valence-corrected chi connectivity index (χ4v) is 4.57. The molecule has 2 atom stereocenters. The molecule has 0 saturated heterocycles. The molecule has 0 fully saturated rings. The Morgan fingerprint density at radius 3 is 1.90 bits per heavy atom. The maximum Gasteiger partial charge on any atom is 0.328 e. The van der Waals surface area contributed by atoms with Crippen LogP contribution in [0.1, 0.15) is 23.6 Å². The lowest BCUT2D eigenvalue weighted by Crippen LogP contribution is -2.49. The topological polar surface area (TPSA) is 132 Å². The molecule has 41 heavy (non-hydrogen) atoms. The molecule has 0 saturated carbocycles. The van der Waals surface area contributed by atoms with Gasteiger partial charge < -0.3 is 24.6 Å². The fraction of sp³-hybridized carbons (Fsp3) is 0.258. The summed E-state index contributed by atoms with van der Waals surface area (Å²) in [4.78, 5) is 38.4. The third kappa shape index (κ3) is 6.74. The van der Waals surface area contributed by atoms with E-state index in [1.54, 1.807) is 21.1 Å². The smallest absolute Gasteiger partial charge is 0.328 e. The summed E-state index contributed by atoms with van der Waals surface area (Å²) in [6, 6.07) is 25.0. The van der Waals surface area contributed by atoms with E-state index in [1.807, 2.05) is 78.9 Å². The van der Waals surface area contributed by atoms with Gasteiger partial charge in [-0.05, 0) is 47.9 Å². The minimum Gasteiger partial charge on any atom is -0.497 e. The average Bonchev–Trinajstić information content (AvgIpc) is 2.99. The summed E-state index contributed by atoms with van der Waals surface area (Å²) in [5.74, 6) is 0.821. The van der Waals surface area contributed by atoms with Crippen molar-refractivity contribution in [2.75, 3.05) is 20.8 Å². The van der Waals surface area contributed by atoms with E-state index in [1.165, 1.54) is 6.20 Å². The Hall–Kier alpha value is -4.67. The summed E-state index contributed by atoms with van der Waals surface area (Å²) >= 11 is 0. The number of methoxy groups -OCH3 is 2. The van der Waals surface area contributed by atoms with E-state index in [0.29, 0.717) is 11.5 Å². The molecule has 10 nitrogen and oxygen atoms in total. The van der Waals surface area contributed by atoms with Gasteiger partial charge in [-0.2, -0.15) is 0 Å². The number of H-pyrrole nitrogens is 1. The van der Waals surface area contributed by atoms with Crippen molar-refractivity contribution < 1.29 is 24.1 Å². The number of aliphatic hydroxyl groups excluding tert-OH is 1. The quantitative estimate of drug-likeness (QED) is 0.227. The predicted octanol–water partition coefficient (Wildman–Crippen LogP) is 2.43. The molecule has 0 unspecified atom stereocenters. The number of aliphatic hydroxyl groups is 1. The van der Waals surface area contributed by atoms with E-state index in [0.717, 1.165) is 27.3 Å². The first-order chi connectivity index (χ1) is 19.8. The van der Waals surface area contributed by atoms with Gasteiger partial charge in [0, 0.05) is 12.3 Å². The van der Waals surface area contributed by atoms with E-state index in [9.17, 15) is 19.5 Å². The van der Waals surface area contributed by atoms with E-state index < -0.39 is 34.9 Å². The van der Waals surface area contributed by atoms with Crippen LogP contribution in [0.5, 0.6) is 11.5 Å². The van der Waals surface area contributed by atoms with Gasteiger partial charge in [0.2, 0.25) is 5.91 Å². The second-order valence-electron chi connectivity index (χ2n) is 9.47. The summed E-state index contributed by atoms with van der Waals surface area (Å²) in [5, 5.41) is 13.4. The summed E-state index contributed by atoms with van der Waals surface area (Å²) in [7, 11) is 3.19. The number of ether oxygens (including phenoxy) is 3.